The molecule has 8 heteroatoms. The lowest BCUT2D eigenvalue weighted by molar-refractivity contribution is 0.415. The van der Waals surface area contributed by atoms with E-state index in [1.165, 1.54) is 11.8 Å². The van der Waals surface area contributed by atoms with Gasteiger partial charge in [-0.05, 0) is 96.2 Å². The monoisotopic (exact) mass is 509 g/mol. The Morgan fingerprint density at radius 1 is 0.758 bits per heavy atom. The molecule has 1 N–H and O–H groups in total. The van der Waals surface area contributed by atoms with E-state index in [4.69, 9.17) is 37.9 Å². The summed E-state index contributed by atoms with van der Waals surface area (Å²) >= 11 is 15.2. The number of aromatic nitrogens is 3. The summed E-state index contributed by atoms with van der Waals surface area (Å²) in [7, 11) is 1.66. The van der Waals surface area contributed by atoms with Crippen LogP contribution in [0.5, 0.6) is 5.75 Å². The first-order chi connectivity index (χ1) is 16.1. The number of nitrogens with zero attached hydrogens (tertiary/aromatic N) is 2. The second kappa shape index (κ2) is 9.69. The van der Waals surface area contributed by atoms with Gasteiger partial charge in [0.25, 0.3) is 0 Å². The zero-order valence-corrected chi connectivity index (χ0v) is 20.5. The minimum absolute atomic E-state index is 0.657. The number of benzene rings is 3. The number of halogens is 2. The van der Waals surface area contributed by atoms with Gasteiger partial charge in [0.05, 0.1) is 12.5 Å². The van der Waals surface area contributed by atoms with E-state index in [2.05, 4.69) is 11.1 Å². The summed E-state index contributed by atoms with van der Waals surface area (Å²) in [6.07, 6.45) is 0. The fraction of sp³-hybridized carbons (Fsp3) is 0.0400. The Balaban J connectivity index is 1.57. The normalized spacial score (nSPS) is 11.1. The maximum Gasteiger partial charge on any atom is 0.195 e. The van der Waals surface area contributed by atoms with Crippen molar-refractivity contribution in [1.29, 1.82) is 0 Å². The van der Waals surface area contributed by atoms with Crippen LogP contribution < -0.4 is 4.74 Å². The molecule has 0 spiro atoms. The topological polar surface area (TPSA) is 50.8 Å². The van der Waals surface area contributed by atoms with Crippen molar-refractivity contribution in [1.82, 2.24) is 15.0 Å². The first kappa shape index (κ1) is 22.2. The average molecular weight is 510 g/mol. The molecule has 0 atom stereocenters. The summed E-state index contributed by atoms with van der Waals surface area (Å²) in [4.78, 5) is 15.2. The van der Waals surface area contributed by atoms with Crippen molar-refractivity contribution in [3.8, 4) is 17.0 Å². The van der Waals surface area contributed by atoms with Gasteiger partial charge < -0.3 is 9.72 Å². The van der Waals surface area contributed by atoms with E-state index in [0.29, 0.717) is 15.2 Å². The fourth-order valence-corrected chi connectivity index (χ4v) is 5.19. The van der Waals surface area contributed by atoms with Gasteiger partial charge in [-0.1, -0.05) is 35.0 Å². The van der Waals surface area contributed by atoms with Crippen molar-refractivity contribution in [2.75, 3.05) is 7.11 Å². The number of ether oxygens (including phenoxy) is 1. The van der Waals surface area contributed by atoms with Gasteiger partial charge in [-0.15, -0.1) is 0 Å². The van der Waals surface area contributed by atoms with E-state index in [9.17, 15) is 0 Å². The number of rotatable bonds is 6. The lowest BCUT2D eigenvalue weighted by Gasteiger charge is -2.06. The van der Waals surface area contributed by atoms with Gasteiger partial charge in [-0.2, -0.15) is 0 Å². The average Bonchev–Trinajstić information content (AvgIpc) is 3.27. The van der Waals surface area contributed by atoms with Crippen LogP contribution in [0.3, 0.4) is 0 Å². The molecule has 0 aliphatic carbocycles. The van der Waals surface area contributed by atoms with E-state index in [-0.39, 0.29) is 0 Å². The van der Waals surface area contributed by atoms with E-state index in [0.717, 1.165) is 42.9 Å². The Morgan fingerprint density at radius 2 is 1.36 bits per heavy atom. The Kier molecular flexibility index (Phi) is 6.51. The zero-order valence-electron chi connectivity index (χ0n) is 17.4. The number of H-pyrrole nitrogens is 1. The number of hydrogen-bond acceptors (Lipinski definition) is 5. The predicted molar refractivity (Wildman–Crippen MR) is 137 cm³/mol. The van der Waals surface area contributed by atoms with Crippen molar-refractivity contribution in [3.05, 3.63) is 88.9 Å². The highest BCUT2D eigenvalue weighted by atomic mass is 35.5. The molecule has 2 heterocycles. The van der Waals surface area contributed by atoms with Crippen LogP contribution in [0.2, 0.25) is 10.0 Å². The molecule has 0 saturated carbocycles. The van der Waals surface area contributed by atoms with Gasteiger partial charge in [0.2, 0.25) is 0 Å². The van der Waals surface area contributed by atoms with Gasteiger partial charge in [-0.25, -0.2) is 9.97 Å². The molecular weight excluding hydrogens is 493 g/mol. The third-order valence-electron chi connectivity index (χ3n) is 4.88. The zero-order chi connectivity index (χ0) is 22.8. The molecule has 0 radical (unpaired) electrons. The molecule has 0 fully saturated rings. The first-order valence-electron chi connectivity index (χ1n) is 9.99. The van der Waals surface area contributed by atoms with Crippen LogP contribution in [0.25, 0.3) is 22.3 Å². The number of aromatic amines is 1. The fourth-order valence-electron chi connectivity index (χ4n) is 3.23. The standard InChI is InChI=1S/C25H17Cl2N3OS2/c1-31-18-8-2-15(3-9-18)22-14-21-23(28-22)29-25(33-20-12-6-17(27)7-13-20)30-24(21)32-19-10-4-16(26)5-11-19/h2-14H,1H3,(H,28,29,30). The Bertz CT molecular complexity index is 1400. The molecule has 0 unspecified atom stereocenters. The van der Waals surface area contributed by atoms with Crippen molar-refractivity contribution < 1.29 is 4.74 Å². The molecule has 4 nitrogen and oxygen atoms in total. The van der Waals surface area contributed by atoms with Gasteiger partial charge in [0.15, 0.2) is 5.16 Å². The van der Waals surface area contributed by atoms with Gasteiger partial charge in [-0.3, -0.25) is 0 Å². The number of nitrogens with one attached hydrogen (secondary N) is 1. The molecule has 0 saturated heterocycles. The largest absolute Gasteiger partial charge is 0.497 e. The molecule has 0 aliphatic rings. The van der Waals surface area contributed by atoms with E-state index >= 15 is 0 Å². The molecule has 0 amide bonds. The highest BCUT2D eigenvalue weighted by Crippen LogP contribution is 2.37. The third kappa shape index (κ3) is 5.14. The first-order valence-corrected chi connectivity index (χ1v) is 12.4. The predicted octanol–water partition coefficient (Wildman–Crippen LogP) is 8.24. The maximum absolute atomic E-state index is 6.07. The number of methoxy groups -OCH3 is 1. The summed E-state index contributed by atoms with van der Waals surface area (Å²) in [5.41, 5.74) is 2.79. The van der Waals surface area contributed by atoms with E-state index in [1.807, 2.05) is 72.8 Å². The minimum atomic E-state index is 0.657. The van der Waals surface area contributed by atoms with Crippen LogP contribution in [-0.2, 0) is 0 Å². The molecule has 5 aromatic rings. The molecular formula is C25H17Cl2N3OS2. The Morgan fingerprint density at radius 3 is 1.97 bits per heavy atom. The molecule has 3 aromatic carbocycles. The van der Waals surface area contributed by atoms with Crippen LogP contribution in [0.4, 0.5) is 0 Å². The minimum Gasteiger partial charge on any atom is -0.497 e. The van der Waals surface area contributed by atoms with Crippen molar-refractivity contribution in [2.45, 2.75) is 20.0 Å². The van der Waals surface area contributed by atoms with Crippen molar-refractivity contribution >= 4 is 57.8 Å². The van der Waals surface area contributed by atoms with Crippen LogP contribution in [0.1, 0.15) is 0 Å². The number of hydrogen-bond donors (Lipinski definition) is 1. The van der Waals surface area contributed by atoms with E-state index in [1.54, 1.807) is 18.9 Å². The van der Waals surface area contributed by atoms with Crippen molar-refractivity contribution in [2.24, 2.45) is 0 Å². The highest BCUT2D eigenvalue weighted by Gasteiger charge is 2.15. The third-order valence-corrected chi connectivity index (χ3v) is 7.27. The SMILES string of the molecule is COc1ccc(-c2cc3c(Sc4ccc(Cl)cc4)nc(Sc4ccc(Cl)cc4)nc3[nH]2)cc1. The summed E-state index contributed by atoms with van der Waals surface area (Å²) in [6.45, 7) is 0. The second-order valence-corrected chi connectivity index (χ2v) is 10.1. The quantitative estimate of drug-likeness (QED) is 0.184. The van der Waals surface area contributed by atoms with Gasteiger partial charge in [0.1, 0.15) is 16.4 Å². The van der Waals surface area contributed by atoms with Gasteiger partial charge >= 0.3 is 0 Å². The summed E-state index contributed by atoms with van der Waals surface area (Å²) in [5.74, 6) is 0.815. The second-order valence-electron chi connectivity index (χ2n) is 7.10. The Labute approximate surface area is 209 Å². The maximum atomic E-state index is 6.07. The van der Waals surface area contributed by atoms with Crippen LogP contribution in [0, 0.1) is 0 Å². The molecule has 2 aromatic heterocycles. The number of fused-ring (bicyclic) bond motifs is 1. The van der Waals surface area contributed by atoms with E-state index < -0.39 is 0 Å². The van der Waals surface area contributed by atoms with Crippen LogP contribution in [-0.4, -0.2) is 22.1 Å². The lowest BCUT2D eigenvalue weighted by atomic mass is 10.1. The summed E-state index contributed by atoms with van der Waals surface area (Å²) in [6, 6.07) is 25.4. The highest BCUT2D eigenvalue weighted by molar-refractivity contribution is 8.00. The lowest BCUT2D eigenvalue weighted by Crippen LogP contribution is -1.91. The summed E-state index contributed by atoms with van der Waals surface area (Å²) < 4.78 is 5.28. The van der Waals surface area contributed by atoms with Crippen LogP contribution >= 0.6 is 46.7 Å². The van der Waals surface area contributed by atoms with Crippen molar-refractivity contribution in [3.63, 3.8) is 0 Å². The summed E-state index contributed by atoms with van der Waals surface area (Å²) in [5, 5.41) is 3.89. The van der Waals surface area contributed by atoms with Crippen LogP contribution in [0.15, 0.2) is 98.8 Å². The molecule has 0 aliphatic heterocycles. The molecule has 164 valence electrons. The molecule has 33 heavy (non-hydrogen) atoms. The molecule has 0 bridgehead atoms. The van der Waals surface area contributed by atoms with Gasteiger partial charge in [0, 0.05) is 25.5 Å². The Hall–Kier alpha value is -2.64. The smallest absolute Gasteiger partial charge is 0.195 e. The molecule has 5 rings (SSSR count).